The summed E-state index contributed by atoms with van der Waals surface area (Å²) in [6.45, 7) is 3.38. The lowest BCUT2D eigenvalue weighted by molar-refractivity contribution is -0.139. The van der Waals surface area contributed by atoms with Gasteiger partial charge in [0.15, 0.2) is 6.10 Å². The van der Waals surface area contributed by atoms with Crippen LogP contribution in [0.15, 0.2) is 65.2 Å². The number of carbonyl (C=O) groups excluding carboxylic acids is 2. The molecule has 4 aromatic rings. The zero-order chi connectivity index (χ0) is 23.5. The molecule has 4 rings (SSSR count). The Labute approximate surface area is 189 Å². The summed E-state index contributed by atoms with van der Waals surface area (Å²) < 4.78 is 24.2. The number of rotatable bonds is 6. The van der Waals surface area contributed by atoms with Crippen LogP contribution in [0, 0.1) is 12.7 Å². The van der Waals surface area contributed by atoms with E-state index in [-0.39, 0.29) is 23.6 Å². The highest BCUT2D eigenvalue weighted by molar-refractivity contribution is 6.05. The molecule has 168 valence electrons. The van der Waals surface area contributed by atoms with Crippen molar-refractivity contribution in [1.82, 2.24) is 15.0 Å². The molecule has 0 aliphatic carbocycles. The number of aromatic nitrogens is 2. The first-order chi connectivity index (χ1) is 15.8. The van der Waals surface area contributed by atoms with Crippen LogP contribution in [-0.2, 0) is 16.1 Å². The first kappa shape index (κ1) is 22.1. The number of hydrogen-bond acceptors (Lipinski definition) is 6. The minimum absolute atomic E-state index is 0.181. The van der Waals surface area contributed by atoms with Gasteiger partial charge in [-0.05, 0) is 37.6 Å². The standard InChI is InChI=1S/C25H22FN3O4/c1-15-22-20(13-21(27-23(22)33-28-15)18-9-5-4-6-10-18)25(31)32-16(2)24(30)29(3)14-17-8-7-11-19(26)12-17/h4-13,16H,14H2,1-3H3. The van der Waals surface area contributed by atoms with Crippen LogP contribution in [-0.4, -0.2) is 40.1 Å². The Morgan fingerprint density at radius 2 is 1.88 bits per heavy atom. The average Bonchev–Trinajstić information content (AvgIpc) is 3.19. The number of carbonyl (C=O) groups is 2. The number of likely N-dealkylation sites (N-methyl/N-ethyl adjacent to an activating group) is 1. The highest BCUT2D eigenvalue weighted by atomic mass is 19.1. The molecule has 8 heteroatoms. The molecule has 0 radical (unpaired) electrons. The van der Waals surface area contributed by atoms with Gasteiger partial charge in [0.05, 0.1) is 22.3 Å². The average molecular weight is 447 g/mol. The van der Waals surface area contributed by atoms with E-state index in [1.165, 1.54) is 24.0 Å². The van der Waals surface area contributed by atoms with Crippen LogP contribution in [0.1, 0.15) is 28.5 Å². The molecule has 0 spiro atoms. The fraction of sp³-hybridized carbons (Fsp3) is 0.200. The number of aryl methyl sites for hydroxylation is 1. The number of fused-ring (bicyclic) bond motifs is 1. The van der Waals surface area contributed by atoms with Gasteiger partial charge < -0.3 is 14.2 Å². The molecule has 7 nitrogen and oxygen atoms in total. The summed E-state index contributed by atoms with van der Waals surface area (Å²) in [7, 11) is 1.57. The van der Waals surface area contributed by atoms with E-state index in [0.29, 0.717) is 22.3 Å². The van der Waals surface area contributed by atoms with Crippen molar-refractivity contribution >= 4 is 23.0 Å². The SMILES string of the molecule is Cc1noc2nc(-c3ccccc3)cc(C(=O)OC(C)C(=O)N(C)Cc3cccc(F)c3)c12. The summed E-state index contributed by atoms with van der Waals surface area (Å²) in [5.74, 6) is -1.48. The summed E-state index contributed by atoms with van der Waals surface area (Å²) in [4.78, 5) is 31.7. The maximum atomic E-state index is 13.4. The van der Waals surface area contributed by atoms with E-state index < -0.39 is 18.0 Å². The van der Waals surface area contributed by atoms with Crippen molar-refractivity contribution < 1.29 is 23.2 Å². The predicted molar refractivity (Wildman–Crippen MR) is 120 cm³/mol. The Morgan fingerprint density at radius 3 is 2.61 bits per heavy atom. The van der Waals surface area contributed by atoms with Crippen LogP contribution < -0.4 is 0 Å². The third kappa shape index (κ3) is 4.74. The van der Waals surface area contributed by atoms with Crippen molar-refractivity contribution in [1.29, 1.82) is 0 Å². The molecule has 1 unspecified atom stereocenters. The Bertz CT molecular complexity index is 1320. The quantitative estimate of drug-likeness (QED) is 0.404. The van der Waals surface area contributed by atoms with Gasteiger partial charge in [0.1, 0.15) is 5.82 Å². The Balaban J connectivity index is 1.56. The molecule has 2 aromatic heterocycles. The second kappa shape index (κ2) is 9.20. The first-order valence-electron chi connectivity index (χ1n) is 10.4. The van der Waals surface area contributed by atoms with Gasteiger partial charge in [-0.1, -0.05) is 47.6 Å². The number of ether oxygens (including phenoxy) is 1. The monoisotopic (exact) mass is 447 g/mol. The Hall–Kier alpha value is -4.07. The lowest BCUT2D eigenvalue weighted by Crippen LogP contribution is -2.37. The topological polar surface area (TPSA) is 85.5 Å². The molecule has 0 saturated carbocycles. The largest absolute Gasteiger partial charge is 0.449 e. The maximum absolute atomic E-state index is 13.4. The van der Waals surface area contributed by atoms with E-state index >= 15 is 0 Å². The van der Waals surface area contributed by atoms with Crippen LogP contribution in [0.4, 0.5) is 4.39 Å². The molecule has 33 heavy (non-hydrogen) atoms. The fourth-order valence-electron chi connectivity index (χ4n) is 3.58. The third-order valence-corrected chi connectivity index (χ3v) is 5.22. The molecule has 0 fully saturated rings. The Morgan fingerprint density at radius 1 is 1.12 bits per heavy atom. The van der Waals surface area contributed by atoms with Gasteiger partial charge in [-0.25, -0.2) is 14.2 Å². The molecule has 2 heterocycles. The normalized spacial score (nSPS) is 11.9. The maximum Gasteiger partial charge on any atom is 0.339 e. The van der Waals surface area contributed by atoms with Crippen LogP contribution in [0.2, 0.25) is 0 Å². The summed E-state index contributed by atoms with van der Waals surface area (Å²) >= 11 is 0. The molecule has 1 amide bonds. The second-order valence-corrected chi connectivity index (χ2v) is 7.74. The fourth-order valence-corrected chi connectivity index (χ4v) is 3.58. The molecule has 1 atom stereocenters. The number of nitrogens with zero attached hydrogens (tertiary/aromatic N) is 3. The first-order valence-corrected chi connectivity index (χ1v) is 10.4. The summed E-state index contributed by atoms with van der Waals surface area (Å²) in [5.41, 5.74) is 2.86. The third-order valence-electron chi connectivity index (χ3n) is 5.22. The highest BCUT2D eigenvalue weighted by Crippen LogP contribution is 2.27. The Kier molecular flexibility index (Phi) is 6.17. The molecular weight excluding hydrogens is 425 g/mol. The van der Waals surface area contributed by atoms with Gasteiger partial charge in [0.25, 0.3) is 11.6 Å². The molecule has 0 aliphatic rings. The van der Waals surface area contributed by atoms with Crippen LogP contribution in [0.25, 0.3) is 22.4 Å². The number of halogens is 1. The minimum Gasteiger partial charge on any atom is -0.449 e. The molecule has 0 saturated heterocycles. The van der Waals surface area contributed by atoms with Gasteiger partial charge in [-0.2, -0.15) is 0 Å². The van der Waals surface area contributed by atoms with Crippen molar-refractivity contribution in [3.05, 3.63) is 83.3 Å². The van der Waals surface area contributed by atoms with E-state index in [1.54, 1.807) is 32.2 Å². The van der Waals surface area contributed by atoms with Gasteiger partial charge in [-0.15, -0.1) is 0 Å². The minimum atomic E-state index is -1.06. The lowest BCUT2D eigenvalue weighted by Gasteiger charge is -2.21. The number of benzene rings is 2. The van der Waals surface area contributed by atoms with Crippen LogP contribution in [0.3, 0.4) is 0 Å². The van der Waals surface area contributed by atoms with E-state index in [1.807, 2.05) is 30.3 Å². The number of esters is 1. The van der Waals surface area contributed by atoms with E-state index in [9.17, 15) is 14.0 Å². The van der Waals surface area contributed by atoms with E-state index in [2.05, 4.69) is 10.1 Å². The number of hydrogen-bond donors (Lipinski definition) is 0. The molecule has 0 N–H and O–H groups in total. The predicted octanol–water partition coefficient (Wildman–Crippen LogP) is 4.54. The zero-order valence-electron chi connectivity index (χ0n) is 18.4. The van der Waals surface area contributed by atoms with Crippen molar-refractivity contribution in [2.75, 3.05) is 7.05 Å². The highest BCUT2D eigenvalue weighted by Gasteiger charge is 2.26. The van der Waals surface area contributed by atoms with Gasteiger partial charge in [-0.3, -0.25) is 4.79 Å². The summed E-state index contributed by atoms with van der Waals surface area (Å²) in [6.07, 6.45) is -1.06. The van der Waals surface area contributed by atoms with Gasteiger partial charge in [0.2, 0.25) is 0 Å². The smallest absolute Gasteiger partial charge is 0.339 e. The van der Waals surface area contributed by atoms with Crippen molar-refractivity contribution in [3.8, 4) is 11.3 Å². The molecule has 0 aliphatic heterocycles. The molecule has 0 bridgehead atoms. The second-order valence-electron chi connectivity index (χ2n) is 7.74. The van der Waals surface area contributed by atoms with E-state index in [4.69, 9.17) is 9.26 Å². The molecule has 2 aromatic carbocycles. The lowest BCUT2D eigenvalue weighted by atomic mass is 10.1. The number of amides is 1. The van der Waals surface area contributed by atoms with Crippen LogP contribution >= 0.6 is 0 Å². The number of pyridine rings is 1. The van der Waals surface area contributed by atoms with Gasteiger partial charge in [0, 0.05) is 19.2 Å². The van der Waals surface area contributed by atoms with Crippen molar-refractivity contribution in [2.45, 2.75) is 26.5 Å². The summed E-state index contributed by atoms with van der Waals surface area (Å²) in [6, 6.07) is 16.9. The zero-order valence-corrected chi connectivity index (χ0v) is 18.4. The van der Waals surface area contributed by atoms with Crippen LogP contribution in [0.5, 0.6) is 0 Å². The summed E-state index contributed by atoms with van der Waals surface area (Å²) in [5, 5.41) is 4.36. The van der Waals surface area contributed by atoms with Crippen molar-refractivity contribution in [2.24, 2.45) is 0 Å². The van der Waals surface area contributed by atoms with E-state index in [0.717, 1.165) is 5.56 Å². The van der Waals surface area contributed by atoms with Crippen molar-refractivity contribution in [3.63, 3.8) is 0 Å². The van der Waals surface area contributed by atoms with Gasteiger partial charge >= 0.3 is 5.97 Å². The molecular formula is C25H22FN3O4.